The highest BCUT2D eigenvalue weighted by Gasteiger charge is 2.23. The highest BCUT2D eigenvalue weighted by atomic mass is 79.9. The Labute approximate surface area is 235 Å². The van der Waals surface area contributed by atoms with Crippen LogP contribution in [0.3, 0.4) is 0 Å². The van der Waals surface area contributed by atoms with Crippen LogP contribution in [0.15, 0.2) is 69.0 Å². The second-order valence-electron chi connectivity index (χ2n) is 8.79. The normalized spacial score (nSPS) is 11.2. The number of nitro groups is 1. The summed E-state index contributed by atoms with van der Waals surface area (Å²) in [6, 6.07) is 13.3. The number of nitro benzene ring substituents is 1. The molecule has 13 heteroatoms. The lowest BCUT2D eigenvalue weighted by molar-refractivity contribution is -0.385. The van der Waals surface area contributed by atoms with E-state index in [0.717, 1.165) is 4.68 Å². The van der Waals surface area contributed by atoms with Crippen molar-refractivity contribution in [3.05, 3.63) is 96.7 Å². The molecule has 1 N–H and O–H groups in total. The summed E-state index contributed by atoms with van der Waals surface area (Å²) < 4.78 is 26.4. The van der Waals surface area contributed by atoms with Gasteiger partial charge in [0.1, 0.15) is 11.6 Å². The smallest absolute Gasteiger partial charge is 0.315 e. The maximum absolute atomic E-state index is 13.8. The van der Waals surface area contributed by atoms with E-state index in [2.05, 4.69) is 31.3 Å². The minimum absolute atomic E-state index is 0.0497. The molecule has 0 fully saturated rings. The Morgan fingerprint density at radius 1 is 1.25 bits per heavy atom. The number of methoxy groups -OCH3 is 1. The molecule has 0 unspecified atom stereocenters. The lowest BCUT2D eigenvalue weighted by atomic mass is 10.1. The van der Waals surface area contributed by atoms with E-state index in [0.29, 0.717) is 21.2 Å². The molecule has 0 aliphatic carbocycles. The standard InChI is InChI=1S/C27H23BrFN5O6/c1-15(2)26-32-20-9-8-17(28)12-18(20)27(36)33(26)30-13-16-10-22(34(37)38)25(23(11-16)39-3)40-14-24(35)31-21-7-5-4-6-19(21)29/h4-13,15H,14H2,1-3H3,(H,31,35). The van der Waals surface area contributed by atoms with Crippen molar-refractivity contribution in [3.8, 4) is 11.5 Å². The largest absolute Gasteiger partial charge is 0.493 e. The van der Waals surface area contributed by atoms with Gasteiger partial charge in [-0.1, -0.05) is 41.9 Å². The second kappa shape index (κ2) is 12.0. The topological polar surface area (TPSA) is 138 Å². The number of hydrogen-bond acceptors (Lipinski definition) is 8. The van der Waals surface area contributed by atoms with Crippen LogP contribution in [0.2, 0.25) is 0 Å². The van der Waals surface area contributed by atoms with Crippen LogP contribution in [-0.4, -0.2) is 40.4 Å². The van der Waals surface area contributed by atoms with Crippen molar-refractivity contribution in [1.82, 2.24) is 9.66 Å². The monoisotopic (exact) mass is 611 g/mol. The third kappa shape index (κ3) is 6.15. The Kier molecular flexibility index (Phi) is 8.53. The lowest BCUT2D eigenvalue weighted by Gasteiger charge is -2.13. The highest BCUT2D eigenvalue weighted by Crippen LogP contribution is 2.38. The fourth-order valence-corrected chi connectivity index (χ4v) is 4.14. The minimum atomic E-state index is -0.733. The molecule has 0 aliphatic rings. The van der Waals surface area contributed by atoms with Crippen LogP contribution >= 0.6 is 15.9 Å². The third-order valence-corrected chi connectivity index (χ3v) is 6.14. The van der Waals surface area contributed by atoms with E-state index in [1.165, 1.54) is 43.7 Å². The Morgan fingerprint density at radius 3 is 2.67 bits per heavy atom. The van der Waals surface area contributed by atoms with Gasteiger partial charge >= 0.3 is 5.69 Å². The number of rotatable bonds is 9. The number of anilines is 1. The quantitative estimate of drug-likeness (QED) is 0.155. The first-order valence-electron chi connectivity index (χ1n) is 11.9. The molecule has 0 bridgehead atoms. The van der Waals surface area contributed by atoms with Crippen molar-refractivity contribution in [2.24, 2.45) is 5.10 Å². The Balaban J connectivity index is 1.67. The van der Waals surface area contributed by atoms with Gasteiger partial charge in [-0.25, -0.2) is 9.37 Å². The van der Waals surface area contributed by atoms with Gasteiger partial charge in [-0.15, -0.1) is 0 Å². The van der Waals surface area contributed by atoms with E-state index in [4.69, 9.17) is 9.47 Å². The molecule has 0 saturated carbocycles. The molecule has 0 radical (unpaired) electrons. The Hall–Kier alpha value is -4.65. The van der Waals surface area contributed by atoms with Gasteiger partial charge in [0, 0.05) is 22.0 Å². The summed E-state index contributed by atoms with van der Waals surface area (Å²) in [7, 11) is 1.28. The van der Waals surface area contributed by atoms with Crippen molar-refractivity contribution >= 4 is 50.3 Å². The molecule has 3 aromatic carbocycles. The van der Waals surface area contributed by atoms with Crippen LogP contribution in [0.5, 0.6) is 11.5 Å². The van der Waals surface area contributed by atoms with E-state index >= 15 is 0 Å². The summed E-state index contributed by atoms with van der Waals surface area (Å²) in [4.78, 5) is 41.3. The maximum atomic E-state index is 13.8. The van der Waals surface area contributed by atoms with Crippen LogP contribution in [0.25, 0.3) is 10.9 Å². The SMILES string of the molecule is COc1cc(C=Nn2c(C(C)C)nc3ccc(Br)cc3c2=O)cc([N+](=O)[O-])c1OCC(=O)Nc1ccccc1F. The summed E-state index contributed by atoms with van der Waals surface area (Å²) in [6.45, 7) is 3.08. The lowest BCUT2D eigenvalue weighted by Crippen LogP contribution is -2.23. The van der Waals surface area contributed by atoms with Gasteiger partial charge in [0.05, 0.1) is 34.8 Å². The molecule has 4 rings (SSSR count). The summed E-state index contributed by atoms with van der Waals surface area (Å²) in [5, 5.41) is 18.9. The van der Waals surface area contributed by atoms with Crippen LogP contribution in [0.1, 0.15) is 31.2 Å². The van der Waals surface area contributed by atoms with Crippen LogP contribution < -0.4 is 20.3 Å². The highest BCUT2D eigenvalue weighted by molar-refractivity contribution is 9.10. The second-order valence-corrected chi connectivity index (χ2v) is 9.71. The van der Waals surface area contributed by atoms with Crippen LogP contribution in [0, 0.1) is 15.9 Å². The molecule has 1 heterocycles. The first-order valence-corrected chi connectivity index (χ1v) is 12.7. The molecular formula is C27H23BrFN5O6. The number of amides is 1. The predicted molar refractivity (Wildman–Crippen MR) is 151 cm³/mol. The summed E-state index contributed by atoms with van der Waals surface area (Å²) in [6.07, 6.45) is 1.27. The van der Waals surface area contributed by atoms with Gasteiger partial charge in [-0.05, 0) is 36.4 Å². The average molecular weight is 612 g/mol. The van der Waals surface area contributed by atoms with Crippen molar-refractivity contribution in [3.63, 3.8) is 0 Å². The van der Waals surface area contributed by atoms with Gasteiger partial charge in [0.2, 0.25) is 5.75 Å². The predicted octanol–water partition coefficient (Wildman–Crippen LogP) is 5.24. The van der Waals surface area contributed by atoms with Crippen molar-refractivity contribution in [2.45, 2.75) is 19.8 Å². The number of carbonyl (C=O) groups is 1. The van der Waals surface area contributed by atoms with Crippen LogP contribution in [0.4, 0.5) is 15.8 Å². The fraction of sp³-hybridized carbons (Fsp3) is 0.185. The van der Waals surface area contributed by atoms with E-state index in [1.807, 2.05) is 13.8 Å². The van der Waals surface area contributed by atoms with Crippen LogP contribution in [-0.2, 0) is 4.79 Å². The molecule has 4 aromatic rings. The zero-order valence-electron chi connectivity index (χ0n) is 21.6. The van der Waals surface area contributed by atoms with E-state index in [1.54, 1.807) is 24.3 Å². The molecule has 206 valence electrons. The number of carbonyl (C=O) groups excluding carboxylic acids is 1. The van der Waals surface area contributed by atoms with Crippen molar-refractivity contribution in [2.75, 3.05) is 19.0 Å². The Bertz CT molecular complexity index is 1710. The first-order chi connectivity index (χ1) is 19.1. The first kappa shape index (κ1) is 28.4. The molecule has 40 heavy (non-hydrogen) atoms. The molecule has 0 atom stereocenters. The third-order valence-electron chi connectivity index (χ3n) is 5.64. The maximum Gasteiger partial charge on any atom is 0.315 e. The number of ether oxygens (including phenoxy) is 2. The zero-order valence-corrected chi connectivity index (χ0v) is 23.1. The molecule has 11 nitrogen and oxygen atoms in total. The number of benzene rings is 3. The minimum Gasteiger partial charge on any atom is -0.493 e. The molecular weight excluding hydrogens is 589 g/mol. The van der Waals surface area contributed by atoms with Gasteiger partial charge in [0.25, 0.3) is 11.5 Å². The Morgan fingerprint density at radius 2 is 2.00 bits per heavy atom. The summed E-state index contributed by atoms with van der Waals surface area (Å²) >= 11 is 3.35. The number of aromatic nitrogens is 2. The molecule has 0 aliphatic heterocycles. The van der Waals surface area contributed by atoms with Crippen molar-refractivity contribution < 1.29 is 23.6 Å². The summed E-state index contributed by atoms with van der Waals surface area (Å²) in [5.74, 6) is -1.48. The van der Waals surface area contributed by atoms with E-state index < -0.39 is 34.5 Å². The zero-order chi connectivity index (χ0) is 29.0. The molecule has 1 aromatic heterocycles. The van der Waals surface area contributed by atoms with Gasteiger partial charge in [-0.3, -0.25) is 19.7 Å². The van der Waals surface area contributed by atoms with Gasteiger partial charge in [-0.2, -0.15) is 9.78 Å². The van der Waals surface area contributed by atoms with Gasteiger partial charge in [0.15, 0.2) is 12.4 Å². The number of hydrogen-bond donors (Lipinski definition) is 1. The average Bonchev–Trinajstić information content (AvgIpc) is 2.92. The number of halogens is 2. The number of fused-ring (bicyclic) bond motifs is 1. The van der Waals surface area contributed by atoms with E-state index in [-0.39, 0.29) is 28.7 Å². The van der Waals surface area contributed by atoms with E-state index in [9.17, 15) is 24.1 Å². The molecule has 1 amide bonds. The fourth-order valence-electron chi connectivity index (χ4n) is 3.78. The molecule has 0 spiro atoms. The number of nitrogens with one attached hydrogen (secondary N) is 1. The summed E-state index contributed by atoms with van der Waals surface area (Å²) in [5.41, 5.74) is -0.232. The number of para-hydroxylation sites is 1. The van der Waals surface area contributed by atoms with Crippen molar-refractivity contribution in [1.29, 1.82) is 0 Å². The number of nitrogens with zero attached hydrogens (tertiary/aromatic N) is 4. The molecule has 0 saturated heterocycles. The van der Waals surface area contributed by atoms with Gasteiger partial charge < -0.3 is 14.8 Å².